The molecular formula is C20H21N5O2. The van der Waals surface area contributed by atoms with Crippen molar-refractivity contribution >= 4 is 5.91 Å². The molecule has 1 amide bonds. The molecule has 27 heavy (non-hydrogen) atoms. The van der Waals surface area contributed by atoms with Crippen molar-refractivity contribution in [1.29, 1.82) is 0 Å². The van der Waals surface area contributed by atoms with E-state index in [0.717, 1.165) is 17.7 Å². The maximum absolute atomic E-state index is 11.3. The molecule has 0 bridgehead atoms. The van der Waals surface area contributed by atoms with E-state index in [4.69, 9.17) is 5.21 Å². The van der Waals surface area contributed by atoms with Gasteiger partial charge in [0.05, 0.1) is 18.4 Å². The second-order valence-electron chi connectivity index (χ2n) is 6.79. The quantitative estimate of drug-likeness (QED) is 0.442. The minimum Gasteiger partial charge on any atom is -0.308 e. The van der Waals surface area contributed by atoms with Gasteiger partial charge in [-0.1, -0.05) is 47.7 Å². The summed E-state index contributed by atoms with van der Waals surface area (Å²) in [5.41, 5.74) is 5.32. The van der Waals surface area contributed by atoms with E-state index >= 15 is 0 Å². The maximum atomic E-state index is 11.3. The lowest BCUT2D eigenvalue weighted by molar-refractivity contribution is 0.0706. The Bertz CT molecular complexity index is 908. The number of benzene rings is 2. The van der Waals surface area contributed by atoms with Crippen molar-refractivity contribution in [3.05, 3.63) is 83.2 Å². The van der Waals surface area contributed by atoms with E-state index in [1.54, 1.807) is 22.3 Å². The summed E-state index contributed by atoms with van der Waals surface area (Å²) in [6.07, 6.45) is 3.09. The fourth-order valence-electron chi connectivity index (χ4n) is 3.23. The third kappa shape index (κ3) is 4.21. The van der Waals surface area contributed by atoms with Gasteiger partial charge in [0.15, 0.2) is 0 Å². The molecule has 0 radical (unpaired) electrons. The zero-order valence-corrected chi connectivity index (χ0v) is 14.7. The normalized spacial score (nSPS) is 18.3. The summed E-state index contributed by atoms with van der Waals surface area (Å²) in [4.78, 5) is 11.3. The highest BCUT2D eigenvalue weighted by atomic mass is 16.5. The monoisotopic (exact) mass is 363 g/mol. The molecule has 1 aliphatic rings. The molecule has 1 heterocycles. The molecule has 0 spiro atoms. The molecule has 2 atom stereocenters. The average molecular weight is 363 g/mol. The summed E-state index contributed by atoms with van der Waals surface area (Å²) in [5, 5.41) is 20.6. The van der Waals surface area contributed by atoms with Gasteiger partial charge < -0.3 is 5.32 Å². The summed E-state index contributed by atoms with van der Waals surface area (Å²) in [7, 11) is 0. The lowest BCUT2D eigenvalue weighted by atomic mass is 10.1. The van der Waals surface area contributed by atoms with Gasteiger partial charge in [-0.15, -0.1) is 5.10 Å². The summed E-state index contributed by atoms with van der Waals surface area (Å²) in [6.45, 7) is 1.27. The molecule has 0 saturated heterocycles. The Hall–Kier alpha value is -3.03. The number of carbonyl (C=O) groups is 1. The molecule has 7 nitrogen and oxygen atoms in total. The van der Waals surface area contributed by atoms with Crippen LogP contribution in [0.5, 0.6) is 0 Å². The summed E-state index contributed by atoms with van der Waals surface area (Å²) in [5.74, 6) is 0.0698. The Kier molecular flexibility index (Phi) is 4.95. The van der Waals surface area contributed by atoms with Crippen LogP contribution in [0.3, 0.4) is 0 Å². The molecule has 3 N–H and O–H groups in total. The molecule has 138 valence electrons. The highest BCUT2D eigenvalue weighted by Crippen LogP contribution is 2.40. The van der Waals surface area contributed by atoms with Gasteiger partial charge in [-0.25, -0.2) is 10.2 Å². The first-order valence-corrected chi connectivity index (χ1v) is 8.93. The Morgan fingerprint density at radius 1 is 1.15 bits per heavy atom. The molecule has 1 fully saturated rings. The van der Waals surface area contributed by atoms with Crippen molar-refractivity contribution in [3.8, 4) is 0 Å². The fraction of sp³-hybridized carbons (Fsp3) is 0.250. The number of amides is 1. The van der Waals surface area contributed by atoms with Crippen LogP contribution in [0, 0.1) is 0 Å². The fourth-order valence-corrected chi connectivity index (χ4v) is 3.23. The zero-order chi connectivity index (χ0) is 18.6. The number of nitrogens with one attached hydrogen (secondary N) is 2. The SMILES string of the molecule is O=C(NO)c1ccc(Cn2cc(CNC3CC3c3ccccc3)nn2)cc1. The second kappa shape index (κ2) is 7.69. The van der Waals surface area contributed by atoms with Crippen molar-refractivity contribution in [2.45, 2.75) is 31.5 Å². The van der Waals surface area contributed by atoms with Crippen LogP contribution >= 0.6 is 0 Å². The molecule has 1 saturated carbocycles. The Balaban J connectivity index is 1.28. The van der Waals surface area contributed by atoms with Crippen LogP contribution in [0.1, 0.15) is 39.5 Å². The van der Waals surface area contributed by atoms with E-state index in [0.29, 0.717) is 30.6 Å². The van der Waals surface area contributed by atoms with Crippen LogP contribution < -0.4 is 10.8 Å². The number of aromatic nitrogens is 3. The third-order valence-corrected chi connectivity index (χ3v) is 4.81. The van der Waals surface area contributed by atoms with Crippen molar-refractivity contribution < 1.29 is 10.0 Å². The smallest absolute Gasteiger partial charge is 0.274 e. The van der Waals surface area contributed by atoms with Crippen LogP contribution in [-0.4, -0.2) is 32.2 Å². The second-order valence-corrected chi connectivity index (χ2v) is 6.79. The van der Waals surface area contributed by atoms with Gasteiger partial charge >= 0.3 is 0 Å². The van der Waals surface area contributed by atoms with Gasteiger partial charge in [0.1, 0.15) is 0 Å². The number of hydrogen-bond donors (Lipinski definition) is 3. The summed E-state index contributed by atoms with van der Waals surface area (Å²) in [6, 6.07) is 18.1. The maximum Gasteiger partial charge on any atom is 0.274 e. The third-order valence-electron chi connectivity index (χ3n) is 4.81. The Labute approximate surface area is 157 Å². The van der Waals surface area contributed by atoms with E-state index in [-0.39, 0.29) is 0 Å². The van der Waals surface area contributed by atoms with Crippen molar-refractivity contribution in [2.75, 3.05) is 0 Å². The van der Waals surface area contributed by atoms with Crippen molar-refractivity contribution in [2.24, 2.45) is 0 Å². The molecule has 0 aliphatic heterocycles. The molecule has 4 rings (SSSR count). The number of hydroxylamine groups is 1. The largest absolute Gasteiger partial charge is 0.308 e. The standard InChI is InChI=1S/C20H21N5O2/c26-20(23-27)16-8-6-14(7-9-16)12-25-13-17(22-24-25)11-21-19-10-18(19)15-4-2-1-3-5-15/h1-9,13,18-19,21,27H,10-12H2,(H,23,26). The lowest BCUT2D eigenvalue weighted by Crippen LogP contribution is -2.18. The van der Waals surface area contributed by atoms with Gasteiger partial charge in [-0.3, -0.25) is 10.0 Å². The van der Waals surface area contributed by atoms with E-state index in [1.165, 1.54) is 5.56 Å². The van der Waals surface area contributed by atoms with Crippen LogP contribution in [0.2, 0.25) is 0 Å². The van der Waals surface area contributed by atoms with Gasteiger partial charge in [0, 0.05) is 24.1 Å². The minimum atomic E-state index is -0.524. The van der Waals surface area contributed by atoms with Gasteiger partial charge in [0.2, 0.25) is 0 Å². The highest BCUT2D eigenvalue weighted by Gasteiger charge is 2.37. The molecule has 3 aromatic rings. The van der Waals surface area contributed by atoms with E-state index in [9.17, 15) is 4.79 Å². The summed E-state index contributed by atoms with van der Waals surface area (Å²) >= 11 is 0. The Morgan fingerprint density at radius 2 is 1.93 bits per heavy atom. The van der Waals surface area contributed by atoms with Crippen LogP contribution in [-0.2, 0) is 13.1 Å². The van der Waals surface area contributed by atoms with Crippen molar-refractivity contribution in [1.82, 2.24) is 25.8 Å². The minimum absolute atomic E-state index is 0.405. The number of rotatable bonds is 7. The zero-order valence-electron chi connectivity index (χ0n) is 14.7. The predicted molar refractivity (Wildman–Crippen MR) is 99.2 cm³/mol. The number of hydrogen-bond acceptors (Lipinski definition) is 5. The van der Waals surface area contributed by atoms with E-state index in [1.807, 2.05) is 24.4 Å². The molecule has 2 unspecified atom stereocenters. The van der Waals surface area contributed by atoms with E-state index < -0.39 is 5.91 Å². The molecule has 2 aromatic carbocycles. The highest BCUT2D eigenvalue weighted by molar-refractivity contribution is 5.93. The molecule has 1 aromatic heterocycles. The molecule has 7 heteroatoms. The van der Waals surface area contributed by atoms with Crippen LogP contribution in [0.4, 0.5) is 0 Å². The Morgan fingerprint density at radius 3 is 2.67 bits per heavy atom. The number of nitrogens with zero attached hydrogens (tertiary/aromatic N) is 3. The summed E-state index contributed by atoms with van der Waals surface area (Å²) < 4.78 is 1.78. The first-order valence-electron chi connectivity index (χ1n) is 8.93. The topological polar surface area (TPSA) is 92.1 Å². The average Bonchev–Trinajstić information content (AvgIpc) is 3.37. The van der Waals surface area contributed by atoms with Crippen molar-refractivity contribution in [3.63, 3.8) is 0 Å². The van der Waals surface area contributed by atoms with Crippen LogP contribution in [0.25, 0.3) is 0 Å². The van der Waals surface area contributed by atoms with Gasteiger partial charge in [-0.2, -0.15) is 0 Å². The lowest BCUT2D eigenvalue weighted by Gasteiger charge is -2.03. The molecular weight excluding hydrogens is 342 g/mol. The van der Waals surface area contributed by atoms with Crippen LogP contribution in [0.15, 0.2) is 60.8 Å². The number of carbonyl (C=O) groups excluding carboxylic acids is 1. The molecule has 1 aliphatic carbocycles. The first kappa shape index (κ1) is 17.4. The van der Waals surface area contributed by atoms with Gasteiger partial charge in [0.25, 0.3) is 5.91 Å². The predicted octanol–water partition coefficient (Wildman–Crippen LogP) is 2.09. The first-order chi connectivity index (χ1) is 13.2. The van der Waals surface area contributed by atoms with E-state index in [2.05, 4.69) is 39.9 Å². The van der Waals surface area contributed by atoms with Gasteiger partial charge in [-0.05, 0) is 29.7 Å².